The summed E-state index contributed by atoms with van der Waals surface area (Å²) in [6.45, 7) is 1.83. The highest BCUT2D eigenvalue weighted by molar-refractivity contribution is 9.10. The minimum absolute atomic E-state index is 0.00376. The zero-order chi connectivity index (χ0) is 16.5. The number of benzene rings is 1. The Hall–Kier alpha value is -0.630. The molecule has 118 valence electrons. The van der Waals surface area contributed by atoms with E-state index in [1.54, 1.807) is 6.20 Å². The minimum Gasteiger partial charge on any atom is -0.323 e. The molecule has 1 aromatic carbocycles. The van der Waals surface area contributed by atoms with Crippen LogP contribution in [-0.2, 0) is 6.18 Å². The molecule has 2 rings (SSSR count). The van der Waals surface area contributed by atoms with Crippen LogP contribution in [0.1, 0.15) is 11.1 Å². The number of hydrogen-bond donors (Lipinski definition) is 1. The summed E-state index contributed by atoms with van der Waals surface area (Å²) in [5.41, 5.74) is 0.604. The monoisotopic (exact) mass is 430 g/mol. The highest BCUT2D eigenvalue weighted by atomic mass is 79.9. The lowest BCUT2D eigenvalue weighted by Crippen LogP contribution is -2.04. The highest BCUT2D eigenvalue weighted by Crippen LogP contribution is 2.37. The zero-order valence-electron chi connectivity index (χ0n) is 10.9. The summed E-state index contributed by atoms with van der Waals surface area (Å²) in [7, 11) is 0. The molecule has 0 spiro atoms. The van der Waals surface area contributed by atoms with Crippen LogP contribution >= 0.6 is 51.1 Å². The molecule has 0 saturated heterocycles. The van der Waals surface area contributed by atoms with Gasteiger partial charge in [-0.15, -0.1) is 0 Å². The van der Waals surface area contributed by atoms with Crippen LogP contribution in [0.5, 0.6) is 0 Å². The van der Waals surface area contributed by atoms with E-state index in [0.29, 0.717) is 10.6 Å². The van der Waals surface area contributed by atoms with Gasteiger partial charge in [-0.2, -0.15) is 13.2 Å². The van der Waals surface area contributed by atoms with Crippen LogP contribution in [0, 0.1) is 6.92 Å². The Morgan fingerprint density at radius 3 is 2.55 bits per heavy atom. The van der Waals surface area contributed by atoms with Gasteiger partial charge in [-0.3, -0.25) is 0 Å². The van der Waals surface area contributed by atoms with Crippen molar-refractivity contribution < 1.29 is 13.2 Å². The van der Waals surface area contributed by atoms with Gasteiger partial charge in [-0.25, -0.2) is 4.98 Å². The summed E-state index contributed by atoms with van der Waals surface area (Å²) in [4.78, 5) is 4.43. The van der Waals surface area contributed by atoms with Gasteiger partial charge in [0.2, 0.25) is 0 Å². The summed E-state index contributed by atoms with van der Waals surface area (Å²) in [6.07, 6.45) is -2.85. The molecule has 22 heavy (non-hydrogen) atoms. The second-order valence-corrected chi connectivity index (χ2v) is 6.71. The molecule has 0 aliphatic heterocycles. The van der Waals surface area contributed by atoms with Gasteiger partial charge in [0.15, 0.2) is 5.15 Å². The van der Waals surface area contributed by atoms with E-state index in [1.165, 1.54) is 6.07 Å². The first-order chi connectivity index (χ1) is 10.2. The fourth-order valence-corrected chi connectivity index (χ4v) is 3.18. The normalized spacial score (nSPS) is 11.6. The van der Waals surface area contributed by atoms with Gasteiger partial charge in [0.05, 0.1) is 16.3 Å². The molecule has 1 aromatic heterocycles. The van der Waals surface area contributed by atoms with Gasteiger partial charge in [0.25, 0.3) is 0 Å². The third-order valence-electron chi connectivity index (χ3n) is 2.75. The topological polar surface area (TPSA) is 24.9 Å². The Morgan fingerprint density at radius 1 is 1.27 bits per heavy atom. The molecule has 0 saturated carbocycles. The van der Waals surface area contributed by atoms with Crippen LogP contribution in [0.2, 0.25) is 10.2 Å². The fourth-order valence-electron chi connectivity index (χ4n) is 1.53. The molecule has 0 fully saturated rings. The molecule has 1 heterocycles. The van der Waals surface area contributed by atoms with Gasteiger partial charge in [0, 0.05) is 15.6 Å². The number of anilines is 1. The summed E-state index contributed by atoms with van der Waals surface area (Å²) < 4.78 is 41.5. The van der Waals surface area contributed by atoms with Gasteiger partial charge in [0.1, 0.15) is 0 Å². The quantitative estimate of drug-likeness (QED) is 0.437. The molecule has 0 bridgehead atoms. The molecule has 9 heteroatoms. The van der Waals surface area contributed by atoms with Crippen molar-refractivity contribution in [1.82, 2.24) is 4.98 Å². The minimum atomic E-state index is -4.42. The van der Waals surface area contributed by atoms with E-state index >= 15 is 0 Å². The van der Waals surface area contributed by atoms with E-state index in [2.05, 4.69) is 25.6 Å². The van der Waals surface area contributed by atoms with Gasteiger partial charge < -0.3 is 4.72 Å². The molecule has 2 aromatic rings. The molecule has 1 N–H and O–H groups in total. The van der Waals surface area contributed by atoms with Crippen molar-refractivity contribution in [2.24, 2.45) is 0 Å². The van der Waals surface area contributed by atoms with Crippen LogP contribution in [0.3, 0.4) is 0 Å². The number of pyridine rings is 1. The van der Waals surface area contributed by atoms with Crippen molar-refractivity contribution >= 4 is 56.8 Å². The lowest BCUT2D eigenvalue weighted by molar-refractivity contribution is -0.137. The Balaban J connectivity index is 2.21. The van der Waals surface area contributed by atoms with Crippen LogP contribution in [0.4, 0.5) is 18.9 Å². The smallest absolute Gasteiger partial charge is 0.323 e. The number of nitrogens with one attached hydrogen (secondary N) is 1. The SMILES string of the molecule is Cc1c(Br)cnc(Cl)c1NSc1ccc(C(F)(F)F)cc1Cl. The summed E-state index contributed by atoms with van der Waals surface area (Å²) in [5.74, 6) is 0. The molecule has 0 aliphatic carbocycles. The molecule has 0 atom stereocenters. The maximum absolute atomic E-state index is 12.6. The van der Waals surface area contributed by atoms with Crippen LogP contribution in [-0.4, -0.2) is 4.98 Å². The second kappa shape index (κ2) is 6.86. The fraction of sp³-hybridized carbons (Fsp3) is 0.154. The van der Waals surface area contributed by atoms with Crippen molar-refractivity contribution in [3.63, 3.8) is 0 Å². The van der Waals surface area contributed by atoms with Crippen LogP contribution < -0.4 is 4.72 Å². The lowest BCUT2D eigenvalue weighted by atomic mass is 10.2. The average molecular weight is 432 g/mol. The zero-order valence-corrected chi connectivity index (χ0v) is 14.8. The van der Waals surface area contributed by atoms with Crippen molar-refractivity contribution in [1.29, 1.82) is 0 Å². The van der Waals surface area contributed by atoms with Crippen molar-refractivity contribution in [2.75, 3.05) is 4.72 Å². The number of rotatable bonds is 3. The Bertz CT molecular complexity index is 710. The maximum Gasteiger partial charge on any atom is 0.416 e. The predicted octanol–water partition coefficient (Wildman–Crippen LogP) is 6.60. The third-order valence-corrected chi connectivity index (χ3v) is 5.15. The van der Waals surface area contributed by atoms with E-state index in [9.17, 15) is 13.2 Å². The first kappa shape index (κ1) is 17.7. The van der Waals surface area contributed by atoms with E-state index in [1.807, 2.05) is 6.92 Å². The van der Waals surface area contributed by atoms with E-state index in [4.69, 9.17) is 23.2 Å². The molecule has 0 radical (unpaired) electrons. The number of halogens is 6. The summed E-state index contributed by atoms with van der Waals surface area (Å²) in [5, 5.41) is 0.264. The van der Waals surface area contributed by atoms with Gasteiger partial charge in [-0.05, 0) is 58.6 Å². The number of aromatic nitrogens is 1. The maximum atomic E-state index is 12.6. The number of nitrogens with zero attached hydrogens (tertiary/aromatic N) is 1. The molecule has 0 unspecified atom stereocenters. The van der Waals surface area contributed by atoms with E-state index < -0.39 is 11.7 Å². The highest BCUT2D eigenvalue weighted by Gasteiger charge is 2.30. The predicted molar refractivity (Wildman–Crippen MR) is 87.6 cm³/mol. The Kier molecular flexibility index (Phi) is 5.53. The van der Waals surface area contributed by atoms with Crippen LogP contribution in [0.15, 0.2) is 33.8 Å². The third kappa shape index (κ3) is 4.01. The van der Waals surface area contributed by atoms with Crippen molar-refractivity contribution in [3.05, 3.63) is 50.2 Å². The first-order valence-electron chi connectivity index (χ1n) is 5.80. The van der Waals surface area contributed by atoms with Gasteiger partial charge >= 0.3 is 6.18 Å². The number of alkyl halides is 3. The molecule has 2 nitrogen and oxygen atoms in total. The standard InChI is InChI=1S/C13H8BrCl2F3N2S/c1-6-8(14)5-20-12(16)11(6)21-22-10-3-2-7(4-9(10)15)13(17,18)19/h2-5,21H,1H3. The molecular weight excluding hydrogens is 424 g/mol. The average Bonchev–Trinajstić information content (AvgIpc) is 2.43. The summed E-state index contributed by atoms with van der Waals surface area (Å²) >= 11 is 16.3. The van der Waals surface area contributed by atoms with Crippen molar-refractivity contribution in [2.45, 2.75) is 18.0 Å². The second-order valence-electron chi connectivity index (χ2n) is 4.24. The van der Waals surface area contributed by atoms with Gasteiger partial charge in [-0.1, -0.05) is 23.2 Å². The summed E-state index contributed by atoms with van der Waals surface area (Å²) in [6, 6.07) is 3.17. The lowest BCUT2D eigenvalue weighted by Gasteiger charge is -2.13. The molecule has 0 amide bonds. The molecular formula is C13H8BrCl2F3N2S. The largest absolute Gasteiger partial charge is 0.416 e. The van der Waals surface area contributed by atoms with Crippen molar-refractivity contribution in [3.8, 4) is 0 Å². The molecule has 0 aliphatic rings. The Labute approximate surface area is 147 Å². The van der Waals surface area contributed by atoms with E-state index in [0.717, 1.165) is 34.1 Å². The first-order valence-corrected chi connectivity index (χ1v) is 8.17. The Morgan fingerprint density at radius 2 is 1.95 bits per heavy atom. The van der Waals surface area contributed by atoms with E-state index in [-0.39, 0.29) is 10.2 Å². The number of hydrogen-bond acceptors (Lipinski definition) is 3. The van der Waals surface area contributed by atoms with Crippen LogP contribution in [0.25, 0.3) is 0 Å².